The highest BCUT2D eigenvalue weighted by Gasteiger charge is 2.24. The Bertz CT molecular complexity index is 1920. The zero-order valence-corrected chi connectivity index (χ0v) is 24.2. The number of nitrogens with zero attached hydrogens (tertiary/aromatic N) is 2. The van der Waals surface area contributed by atoms with E-state index in [2.05, 4.69) is 36.2 Å². The molecule has 0 radical (unpaired) electrons. The molecule has 0 spiro atoms. The number of hydrogen-bond donors (Lipinski definition) is 7. The molecule has 228 valence electrons. The van der Waals surface area contributed by atoms with Crippen LogP contribution in [0.5, 0.6) is 0 Å². The van der Waals surface area contributed by atoms with Gasteiger partial charge in [-0.3, -0.25) is 19.2 Å². The van der Waals surface area contributed by atoms with E-state index in [0.29, 0.717) is 78.0 Å². The van der Waals surface area contributed by atoms with Gasteiger partial charge < -0.3 is 37.7 Å². The predicted molar refractivity (Wildman–Crippen MR) is 173 cm³/mol. The lowest BCUT2D eigenvalue weighted by Crippen LogP contribution is -2.34. The SMILES string of the molecule is NCCNC(=O)C1=Nc2ccc(NC(=O)C3=Nc4ccc(C(=O)Nc5ccc6[nH]c(C(=O)NCCN)cc6c5)cc4C3)cc2C1. The fraction of sp³-hybridized carbons (Fsp3) is 0.188. The number of amides is 4. The number of anilines is 2. The number of rotatable bonds is 10. The molecule has 0 bridgehead atoms. The van der Waals surface area contributed by atoms with E-state index in [1.807, 2.05) is 0 Å². The fourth-order valence-electron chi connectivity index (χ4n) is 5.19. The summed E-state index contributed by atoms with van der Waals surface area (Å²) in [6.45, 7) is 1.43. The third-order valence-electron chi connectivity index (χ3n) is 7.41. The molecule has 0 saturated heterocycles. The van der Waals surface area contributed by atoms with Crippen molar-refractivity contribution in [2.75, 3.05) is 36.8 Å². The highest BCUT2D eigenvalue weighted by molar-refractivity contribution is 6.45. The Hall–Kier alpha value is -5.66. The fourth-order valence-corrected chi connectivity index (χ4v) is 5.19. The van der Waals surface area contributed by atoms with Gasteiger partial charge in [0.1, 0.15) is 17.1 Å². The maximum Gasteiger partial charge on any atom is 0.270 e. The van der Waals surface area contributed by atoms with Gasteiger partial charge in [0, 0.05) is 66.9 Å². The van der Waals surface area contributed by atoms with Crippen LogP contribution in [0.3, 0.4) is 0 Å². The van der Waals surface area contributed by atoms with Crippen LogP contribution in [0.4, 0.5) is 22.7 Å². The van der Waals surface area contributed by atoms with E-state index < -0.39 is 0 Å². The summed E-state index contributed by atoms with van der Waals surface area (Å²) in [5.41, 5.74) is 17.3. The number of H-pyrrole nitrogens is 1. The van der Waals surface area contributed by atoms with Crippen molar-refractivity contribution in [2.45, 2.75) is 12.8 Å². The first-order valence-corrected chi connectivity index (χ1v) is 14.4. The van der Waals surface area contributed by atoms with Crippen LogP contribution >= 0.6 is 0 Å². The van der Waals surface area contributed by atoms with E-state index in [-0.39, 0.29) is 30.0 Å². The Labute approximate surface area is 257 Å². The lowest BCUT2D eigenvalue weighted by atomic mass is 10.0. The average Bonchev–Trinajstić information content (AvgIpc) is 3.78. The molecule has 9 N–H and O–H groups in total. The number of aromatic amines is 1. The minimum absolute atomic E-state index is 0.253. The number of fused-ring (bicyclic) bond motifs is 3. The first-order valence-electron chi connectivity index (χ1n) is 14.4. The summed E-state index contributed by atoms with van der Waals surface area (Å²) >= 11 is 0. The van der Waals surface area contributed by atoms with Crippen LogP contribution in [-0.2, 0) is 22.4 Å². The second-order valence-corrected chi connectivity index (χ2v) is 10.6. The molecule has 45 heavy (non-hydrogen) atoms. The van der Waals surface area contributed by atoms with Crippen LogP contribution in [0, 0.1) is 0 Å². The van der Waals surface area contributed by atoms with Gasteiger partial charge in [-0.1, -0.05) is 0 Å². The largest absolute Gasteiger partial charge is 0.351 e. The molecule has 0 saturated carbocycles. The number of benzene rings is 3. The van der Waals surface area contributed by atoms with E-state index in [4.69, 9.17) is 11.5 Å². The Kier molecular flexibility index (Phi) is 8.18. The molecule has 0 atom stereocenters. The van der Waals surface area contributed by atoms with Crippen molar-refractivity contribution in [3.05, 3.63) is 83.0 Å². The van der Waals surface area contributed by atoms with Gasteiger partial charge in [-0.2, -0.15) is 0 Å². The first kappa shape index (κ1) is 29.4. The van der Waals surface area contributed by atoms with Crippen molar-refractivity contribution in [2.24, 2.45) is 21.5 Å². The van der Waals surface area contributed by atoms with Gasteiger partial charge in [0.05, 0.1) is 11.4 Å². The number of nitrogens with one attached hydrogen (secondary N) is 5. The third kappa shape index (κ3) is 6.34. The summed E-state index contributed by atoms with van der Waals surface area (Å²) in [6.07, 6.45) is 0.630. The highest BCUT2D eigenvalue weighted by Crippen LogP contribution is 2.31. The third-order valence-corrected chi connectivity index (χ3v) is 7.41. The van der Waals surface area contributed by atoms with E-state index >= 15 is 0 Å². The zero-order valence-electron chi connectivity index (χ0n) is 24.2. The average molecular weight is 606 g/mol. The Morgan fingerprint density at radius 1 is 0.667 bits per heavy atom. The molecule has 0 aliphatic carbocycles. The maximum absolute atomic E-state index is 13.1. The summed E-state index contributed by atoms with van der Waals surface area (Å²) in [5, 5.41) is 12.0. The van der Waals surface area contributed by atoms with Gasteiger partial charge in [0.2, 0.25) is 0 Å². The molecule has 2 aliphatic rings. The number of hydrogen-bond acceptors (Lipinski definition) is 8. The highest BCUT2D eigenvalue weighted by atomic mass is 16.2. The van der Waals surface area contributed by atoms with Gasteiger partial charge in [-0.25, -0.2) is 9.98 Å². The van der Waals surface area contributed by atoms with Crippen molar-refractivity contribution in [3.8, 4) is 0 Å². The molecule has 3 aromatic carbocycles. The van der Waals surface area contributed by atoms with Crippen LogP contribution in [0.15, 0.2) is 70.6 Å². The molecule has 0 unspecified atom stereocenters. The van der Waals surface area contributed by atoms with Crippen LogP contribution in [0.25, 0.3) is 10.9 Å². The van der Waals surface area contributed by atoms with Crippen molar-refractivity contribution in [1.82, 2.24) is 15.6 Å². The molecule has 4 amide bonds. The normalized spacial score (nSPS) is 13.0. The topological polar surface area (TPSA) is 209 Å². The zero-order chi connectivity index (χ0) is 31.5. The number of aliphatic imine (C=N–C) groups is 2. The summed E-state index contributed by atoms with van der Waals surface area (Å²) in [7, 11) is 0. The van der Waals surface area contributed by atoms with Crippen LogP contribution < -0.4 is 32.7 Å². The second-order valence-electron chi connectivity index (χ2n) is 10.6. The van der Waals surface area contributed by atoms with E-state index in [0.717, 1.165) is 22.0 Å². The summed E-state index contributed by atoms with van der Waals surface area (Å²) in [4.78, 5) is 62.6. The van der Waals surface area contributed by atoms with E-state index in [1.165, 1.54) is 0 Å². The number of carbonyl (C=O) groups is 4. The molecular weight excluding hydrogens is 574 g/mol. The van der Waals surface area contributed by atoms with Crippen LogP contribution in [-0.4, -0.2) is 66.2 Å². The molecule has 13 nitrogen and oxygen atoms in total. The van der Waals surface area contributed by atoms with Gasteiger partial charge in [0.15, 0.2) is 0 Å². The van der Waals surface area contributed by atoms with E-state index in [9.17, 15) is 19.2 Å². The summed E-state index contributed by atoms with van der Waals surface area (Å²) in [6, 6.07) is 17.4. The first-order chi connectivity index (χ1) is 21.8. The van der Waals surface area contributed by atoms with Gasteiger partial charge in [-0.05, 0) is 71.8 Å². The van der Waals surface area contributed by atoms with Crippen molar-refractivity contribution >= 4 is 68.7 Å². The standard InChI is InChI=1S/C32H31N9O4/c33-7-9-35-30(43)26-15-19-12-21(2-5-24(19)39-26)37-29(42)17-1-4-23-18(11-17)14-28(41-23)32(45)38-22-3-6-25-20(13-22)16-27(40-25)31(44)36-10-8-34/h1-6,11-13,15,39H,7-10,14,16,33-34H2,(H,35,43)(H,36,44)(H,37,42)(H,38,45). The molecular formula is C32H31N9O4. The summed E-state index contributed by atoms with van der Waals surface area (Å²) in [5.74, 6) is -1.18. The lowest BCUT2D eigenvalue weighted by molar-refractivity contribution is -0.114. The van der Waals surface area contributed by atoms with Crippen LogP contribution in [0.2, 0.25) is 0 Å². The van der Waals surface area contributed by atoms with Crippen molar-refractivity contribution in [1.29, 1.82) is 0 Å². The summed E-state index contributed by atoms with van der Waals surface area (Å²) < 4.78 is 0. The maximum atomic E-state index is 13.1. The molecule has 3 heterocycles. The molecule has 1 aromatic heterocycles. The number of carbonyl (C=O) groups excluding carboxylic acids is 4. The van der Waals surface area contributed by atoms with Crippen LogP contribution in [0.1, 0.15) is 32.0 Å². The molecule has 13 heteroatoms. The Morgan fingerprint density at radius 2 is 1.27 bits per heavy atom. The van der Waals surface area contributed by atoms with Crippen molar-refractivity contribution < 1.29 is 19.2 Å². The monoisotopic (exact) mass is 605 g/mol. The minimum atomic E-state index is -0.354. The molecule has 6 rings (SSSR count). The minimum Gasteiger partial charge on any atom is -0.351 e. The predicted octanol–water partition coefficient (Wildman–Crippen LogP) is 2.08. The molecule has 4 aromatic rings. The Morgan fingerprint density at radius 3 is 2.00 bits per heavy atom. The van der Waals surface area contributed by atoms with Gasteiger partial charge in [0.25, 0.3) is 23.6 Å². The molecule has 2 aliphatic heterocycles. The lowest BCUT2D eigenvalue weighted by Gasteiger charge is -2.07. The number of aromatic nitrogens is 1. The second kappa shape index (κ2) is 12.5. The van der Waals surface area contributed by atoms with Gasteiger partial charge in [-0.15, -0.1) is 0 Å². The van der Waals surface area contributed by atoms with Gasteiger partial charge >= 0.3 is 0 Å². The Balaban J connectivity index is 1.06. The van der Waals surface area contributed by atoms with Crippen molar-refractivity contribution in [3.63, 3.8) is 0 Å². The smallest absolute Gasteiger partial charge is 0.270 e. The molecule has 0 fully saturated rings. The number of nitrogens with two attached hydrogens (primary N) is 2. The van der Waals surface area contributed by atoms with E-state index in [1.54, 1.807) is 60.7 Å². The quantitative estimate of drug-likeness (QED) is 0.144.